The van der Waals surface area contributed by atoms with Crippen molar-refractivity contribution in [2.24, 2.45) is 5.73 Å². The maximum absolute atomic E-state index is 11.0. The molecule has 146 valence electrons. The van der Waals surface area contributed by atoms with Crippen molar-refractivity contribution in [2.45, 2.75) is 70.9 Å². The maximum atomic E-state index is 11.0. The van der Waals surface area contributed by atoms with Crippen LogP contribution in [-0.2, 0) is 15.5 Å². The third-order valence-electron chi connectivity index (χ3n) is 4.51. The summed E-state index contributed by atoms with van der Waals surface area (Å²) in [5, 5.41) is 0. The van der Waals surface area contributed by atoms with E-state index in [1.54, 1.807) is 0 Å². The van der Waals surface area contributed by atoms with E-state index >= 15 is 0 Å². The number of benzene rings is 1. The van der Waals surface area contributed by atoms with Crippen molar-refractivity contribution in [1.82, 2.24) is 9.97 Å². The molecular weight excluding hydrogens is 353 g/mol. The summed E-state index contributed by atoms with van der Waals surface area (Å²) in [6.45, 7) is 3.74. The van der Waals surface area contributed by atoms with Crippen LogP contribution in [0.4, 0.5) is 0 Å². The Balaban J connectivity index is 1.97. The van der Waals surface area contributed by atoms with E-state index in [0.717, 1.165) is 17.5 Å². The zero-order valence-electron chi connectivity index (χ0n) is 15.5. The molecule has 0 saturated carbocycles. The second-order valence-electron chi connectivity index (χ2n) is 6.82. The first kappa shape index (κ1) is 21.1. The number of fused-ring (bicyclic) bond motifs is 1. The SMILES string of the molecule is CCCCCCCCc1ccc2nc([C@@H](N)[C@@H](C)OP(=O)(O)O)[nH]c2c1. The van der Waals surface area contributed by atoms with E-state index < -0.39 is 20.0 Å². The molecule has 0 amide bonds. The van der Waals surface area contributed by atoms with Crippen LogP contribution in [0.1, 0.15) is 69.8 Å². The number of H-pyrrole nitrogens is 1. The Morgan fingerprint density at radius 3 is 2.62 bits per heavy atom. The molecule has 0 spiro atoms. The number of aryl methyl sites for hydroxylation is 1. The second-order valence-corrected chi connectivity index (χ2v) is 8.01. The highest BCUT2D eigenvalue weighted by Gasteiger charge is 2.26. The van der Waals surface area contributed by atoms with Gasteiger partial charge in [-0.15, -0.1) is 0 Å². The van der Waals surface area contributed by atoms with Crippen molar-refractivity contribution in [3.8, 4) is 0 Å². The summed E-state index contributed by atoms with van der Waals surface area (Å²) in [5.41, 5.74) is 8.93. The number of nitrogens with one attached hydrogen (secondary N) is 1. The Labute approximate surface area is 154 Å². The Morgan fingerprint density at radius 1 is 1.23 bits per heavy atom. The Morgan fingerprint density at radius 2 is 1.92 bits per heavy atom. The predicted molar refractivity (Wildman–Crippen MR) is 103 cm³/mol. The minimum absolute atomic E-state index is 0.456. The number of imidazole rings is 1. The van der Waals surface area contributed by atoms with E-state index in [1.807, 2.05) is 6.07 Å². The summed E-state index contributed by atoms with van der Waals surface area (Å²) in [7, 11) is -4.58. The van der Waals surface area contributed by atoms with Gasteiger partial charge in [0, 0.05) is 0 Å². The van der Waals surface area contributed by atoms with Gasteiger partial charge in [0.25, 0.3) is 0 Å². The lowest BCUT2D eigenvalue weighted by molar-refractivity contribution is 0.124. The van der Waals surface area contributed by atoms with E-state index in [2.05, 4.69) is 33.5 Å². The lowest BCUT2D eigenvalue weighted by atomic mass is 10.0. The van der Waals surface area contributed by atoms with E-state index in [1.165, 1.54) is 51.0 Å². The Kier molecular flexibility index (Phi) is 7.80. The molecule has 0 radical (unpaired) electrons. The molecule has 1 heterocycles. The fourth-order valence-electron chi connectivity index (χ4n) is 3.00. The lowest BCUT2D eigenvalue weighted by Gasteiger charge is -2.18. The molecule has 0 unspecified atom stereocenters. The summed E-state index contributed by atoms with van der Waals surface area (Å²) in [5.74, 6) is 0.456. The standard InChI is InChI=1S/C18H30N3O4P/c1-3-4-5-6-7-8-9-14-10-11-15-16(12-14)21-18(20-15)17(19)13(2)25-26(22,23)24/h10-13,17H,3-9,19H2,1-2H3,(H,20,21)(H2,22,23,24)/t13-,17+/m1/s1. The van der Waals surface area contributed by atoms with Crippen molar-refractivity contribution in [3.63, 3.8) is 0 Å². The fourth-order valence-corrected chi connectivity index (χ4v) is 3.57. The first-order valence-corrected chi connectivity index (χ1v) is 10.8. The van der Waals surface area contributed by atoms with E-state index in [0.29, 0.717) is 5.82 Å². The van der Waals surface area contributed by atoms with Crippen LogP contribution in [0.25, 0.3) is 11.0 Å². The van der Waals surface area contributed by atoms with Gasteiger partial charge in [0.1, 0.15) is 5.82 Å². The average molecular weight is 383 g/mol. The number of aromatic nitrogens is 2. The molecule has 0 aliphatic rings. The predicted octanol–water partition coefficient (Wildman–Crippen LogP) is 3.96. The highest BCUT2D eigenvalue weighted by atomic mass is 31.2. The monoisotopic (exact) mass is 383 g/mol. The van der Waals surface area contributed by atoms with Gasteiger partial charge >= 0.3 is 7.82 Å². The van der Waals surface area contributed by atoms with Crippen LogP contribution in [-0.4, -0.2) is 25.9 Å². The number of unbranched alkanes of at least 4 members (excludes halogenated alkanes) is 5. The average Bonchev–Trinajstić information content (AvgIpc) is 2.99. The number of rotatable bonds is 11. The maximum Gasteiger partial charge on any atom is 0.469 e. The van der Waals surface area contributed by atoms with E-state index in [4.69, 9.17) is 15.5 Å². The Bertz CT molecular complexity index is 743. The highest BCUT2D eigenvalue weighted by molar-refractivity contribution is 7.46. The molecular formula is C18H30N3O4P. The third kappa shape index (κ3) is 6.49. The first-order valence-electron chi connectivity index (χ1n) is 9.28. The summed E-state index contributed by atoms with van der Waals surface area (Å²) in [6.07, 6.45) is 7.76. The molecule has 26 heavy (non-hydrogen) atoms. The molecule has 0 saturated heterocycles. The van der Waals surface area contributed by atoms with Gasteiger partial charge in [0.2, 0.25) is 0 Å². The van der Waals surface area contributed by atoms with Crippen molar-refractivity contribution < 1.29 is 18.9 Å². The number of nitrogens with two attached hydrogens (primary N) is 1. The Hall–Kier alpha value is -1.24. The molecule has 0 fully saturated rings. The summed E-state index contributed by atoms with van der Waals surface area (Å²) >= 11 is 0. The number of hydrogen-bond donors (Lipinski definition) is 4. The first-order chi connectivity index (χ1) is 12.3. The summed E-state index contributed by atoms with van der Waals surface area (Å²) < 4.78 is 15.6. The molecule has 2 atom stereocenters. The van der Waals surface area contributed by atoms with Crippen LogP contribution in [0.2, 0.25) is 0 Å². The third-order valence-corrected chi connectivity index (χ3v) is 5.12. The van der Waals surface area contributed by atoms with Crippen molar-refractivity contribution in [2.75, 3.05) is 0 Å². The largest absolute Gasteiger partial charge is 0.469 e. The number of hydrogen-bond acceptors (Lipinski definition) is 4. The van der Waals surface area contributed by atoms with Gasteiger partial charge in [-0.25, -0.2) is 9.55 Å². The fraction of sp³-hybridized carbons (Fsp3) is 0.611. The van der Waals surface area contributed by atoms with Gasteiger partial charge in [-0.05, 0) is 37.5 Å². The quantitative estimate of drug-likeness (QED) is 0.344. The smallest absolute Gasteiger partial charge is 0.341 e. The van der Waals surface area contributed by atoms with Crippen molar-refractivity contribution in [3.05, 3.63) is 29.6 Å². The van der Waals surface area contributed by atoms with Gasteiger partial charge in [-0.2, -0.15) is 0 Å². The van der Waals surface area contributed by atoms with Crippen LogP contribution >= 0.6 is 7.82 Å². The van der Waals surface area contributed by atoms with Gasteiger partial charge < -0.3 is 20.5 Å². The molecule has 5 N–H and O–H groups in total. The topological polar surface area (TPSA) is 121 Å². The number of phosphoric ester groups is 1. The molecule has 0 aliphatic carbocycles. The van der Waals surface area contributed by atoms with Gasteiger partial charge in [0.05, 0.1) is 23.2 Å². The van der Waals surface area contributed by atoms with Crippen LogP contribution in [0, 0.1) is 0 Å². The summed E-state index contributed by atoms with van der Waals surface area (Å²) in [6, 6.07) is 5.33. The number of nitrogens with zero attached hydrogens (tertiary/aromatic N) is 1. The zero-order valence-corrected chi connectivity index (χ0v) is 16.4. The van der Waals surface area contributed by atoms with Crippen LogP contribution < -0.4 is 5.73 Å². The second kappa shape index (κ2) is 9.62. The normalized spacial score (nSPS) is 14.7. The number of phosphoric acid groups is 1. The molecule has 0 bridgehead atoms. The molecule has 7 nitrogen and oxygen atoms in total. The molecule has 1 aromatic heterocycles. The van der Waals surface area contributed by atoms with Crippen LogP contribution in [0.3, 0.4) is 0 Å². The molecule has 0 aliphatic heterocycles. The minimum Gasteiger partial charge on any atom is -0.341 e. The van der Waals surface area contributed by atoms with Gasteiger partial charge in [0.15, 0.2) is 0 Å². The van der Waals surface area contributed by atoms with Crippen molar-refractivity contribution >= 4 is 18.9 Å². The van der Waals surface area contributed by atoms with E-state index in [-0.39, 0.29) is 0 Å². The van der Waals surface area contributed by atoms with Crippen LogP contribution in [0.15, 0.2) is 18.2 Å². The van der Waals surface area contributed by atoms with Crippen LogP contribution in [0.5, 0.6) is 0 Å². The molecule has 2 aromatic rings. The minimum atomic E-state index is -4.58. The van der Waals surface area contributed by atoms with Gasteiger partial charge in [-0.3, -0.25) is 4.52 Å². The molecule has 2 rings (SSSR count). The zero-order chi connectivity index (χ0) is 19.2. The molecule has 8 heteroatoms. The lowest BCUT2D eigenvalue weighted by Crippen LogP contribution is -2.26. The molecule has 1 aromatic carbocycles. The summed E-state index contributed by atoms with van der Waals surface area (Å²) in [4.78, 5) is 25.4. The van der Waals surface area contributed by atoms with E-state index in [9.17, 15) is 4.57 Å². The van der Waals surface area contributed by atoms with Gasteiger partial charge in [-0.1, -0.05) is 45.1 Å². The van der Waals surface area contributed by atoms with Crippen molar-refractivity contribution in [1.29, 1.82) is 0 Å². The number of aromatic amines is 1. The highest BCUT2D eigenvalue weighted by Crippen LogP contribution is 2.39.